The molecular weight excluding hydrogens is 288 g/mol. The molecule has 3 heteroatoms. The third-order valence-electron chi connectivity index (χ3n) is 7.91. The molecule has 1 heterocycles. The summed E-state index contributed by atoms with van der Waals surface area (Å²) in [7, 11) is 0. The quantitative estimate of drug-likeness (QED) is 0.743. The van der Waals surface area contributed by atoms with E-state index < -0.39 is 11.4 Å². The van der Waals surface area contributed by atoms with Gasteiger partial charge >= 0.3 is 5.97 Å². The van der Waals surface area contributed by atoms with Crippen molar-refractivity contribution in [2.45, 2.75) is 83.8 Å². The van der Waals surface area contributed by atoms with Gasteiger partial charge in [0.25, 0.3) is 0 Å². The average Bonchev–Trinajstić information content (AvgIpc) is 2.85. The number of rotatable bonds is 2. The molecule has 6 atom stereocenters. The third kappa shape index (κ3) is 2.08. The Morgan fingerprint density at radius 2 is 1.87 bits per heavy atom. The van der Waals surface area contributed by atoms with E-state index in [1.54, 1.807) is 0 Å². The molecule has 3 rings (SSSR count). The van der Waals surface area contributed by atoms with E-state index in [0.29, 0.717) is 5.92 Å². The fraction of sp³-hybridized carbons (Fsp3) is 0.850. The maximum Gasteiger partial charge on any atom is 0.309 e. The highest BCUT2D eigenvalue weighted by atomic mass is 16.5. The van der Waals surface area contributed by atoms with E-state index in [1.807, 2.05) is 13.0 Å². The molecule has 1 aliphatic heterocycles. The van der Waals surface area contributed by atoms with Crippen molar-refractivity contribution in [2.75, 3.05) is 0 Å². The first-order valence-corrected chi connectivity index (χ1v) is 9.21. The maximum absolute atomic E-state index is 12.1. The zero-order valence-electron chi connectivity index (χ0n) is 15.2. The van der Waals surface area contributed by atoms with Crippen molar-refractivity contribution in [3.8, 4) is 0 Å². The molecule has 0 amide bonds. The normalized spacial score (nSPS) is 53.0. The summed E-state index contributed by atoms with van der Waals surface area (Å²) in [6.45, 7) is 12.7. The number of carboxylic acids is 1. The van der Waals surface area contributed by atoms with Crippen LogP contribution in [0.2, 0.25) is 0 Å². The summed E-state index contributed by atoms with van der Waals surface area (Å²) in [5, 5.41) is 9.94. The van der Waals surface area contributed by atoms with E-state index in [-0.39, 0.29) is 22.5 Å². The molecule has 1 saturated heterocycles. The van der Waals surface area contributed by atoms with E-state index in [1.165, 1.54) is 0 Å². The molecule has 0 aromatic carbocycles. The Kier molecular flexibility index (Phi) is 3.76. The van der Waals surface area contributed by atoms with Crippen LogP contribution in [0.25, 0.3) is 0 Å². The van der Waals surface area contributed by atoms with E-state index in [2.05, 4.69) is 27.4 Å². The van der Waals surface area contributed by atoms with Crippen LogP contribution in [-0.2, 0) is 9.53 Å². The van der Waals surface area contributed by atoms with Crippen molar-refractivity contribution in [3.05, 3.63) is 12.7 Å². The highest BCUT2D eigenvalue weighted by Crippen LogP contribution is 2.67. The molecular formula is C20H32O3. The first-order valence-electron chi connectivity index (χ1n) is 9.21. The van der Waals surface area contributed by atoms with Gasteiger partial charge in [0.15, 0.2) is 0 Å². The van der Waals surface area contributed by atoms with Gasteiger partial charge in [-0.3, -0.25) is 4.79 Å². The Bertz CT molecular complexity index is 529. The molecule has 3 nitrogen and oxygen atoms in total. The number of ether oxygens (including phenoxy) is 1. The van der Waals surface area contributed by atoms with Gasteiger partial charge in [0.05, 0.1) is 16.6 Å². The minimum atomic E-state index is -0.623. The standard InChI is InChI=1S/C20H32O3/c1-6-17(3)12-13-20(23-17)14(2)8-9-15-18(4,16(21)22)10-7-11-19(15,20)5/h6,14-15H,1,7-13H2,2-5H3,(H,21,22)/t14-,15-,17-,18+,19-,20+/m1/s1. The van der Waals surface area contributed by atoms with Gasteiger partial charge in [-0.1, -0.05) is 26.3 Å². The van der Waals surface area contributed by atoms with Crippen LogP contribution in [0.1, 0.15) is 72.6 Å². The van der Waals surface area contributed by atoms with Crippen molar-refractivity contribution in [1.29, 1.82) is 0 Å². The van der Waals surface area contributed by atoms with Crippen molar-refractivity contribution in [3.63, 3.8) is 0 Å². The van der Waals surface area contributed by atoms with Crippen LogP contribution in [0.3, 0.4) is 0 Å². The van der Waals surface area contributed by atoms with Crippen LogP contribution in [0.4, 0.5) is 0 Å². The number of hydrogen-bond acceptors (Lipinski definition) is 2. The molecule has 3 fully saturated rings. The molecule has 23 heavy (non-hydrogen) atoms. The summed E-state index contributed by atoms with van der Waals surface area (Å²) in [5.41, 5.74) is -1.14. The van der Waals surface area contributed by atoms with Crippen LogP contribution in [0.15, 0.2) is 12.7 Å². The van der Waals surface area contributed by atoms with Crippen LogP contribution < -0.4 is 0 Å². The summed E-state index contributed by atoms with van der Waals surface area (Å²) in [6.07, 6.45) is 8.90. The van der Waals surface area contributed by atoms with Crippen molar-refractivity contribution < 1.29 is 14.6 Å². The Hall–Kier alpha value is -0.830. The first kappa shape index (κ1) is 17.0. The fourth-order valence-electron chi connectivity index (χ4n) is 6.33. The van der Waals surface area contributed by atoms with Gasteiger partial charge < -0.3 is 9.84 Å². The molecule has 0 aromatic heterocycles. The summed E-state index contributed by atoms with van der Waals surface area (Å²) in [5.74, 6) is 0.0499. The van der Waals surface area contributed by atoms with Gasteiger partial charge in [-0.2, -0.15) is 0 Å². The molecule has 2 saturated carbocycles. The van der Waals surface area contributed by atoms with Crippen LogP contribution in [0, 0.1) is 22.7 Å². The van der Waals surface area contributed by atoms with Gasteiger partial charge in [-0.15, -0.1) is 6.58 Å². The number of fused-ring (bicyclic) bond motifs is 2. The lowest BCUT2D eigenvalue weighted by atomic mass is 9.44. The second kappa shape index (κ2) is 5.08. The minimum absolute atomic E-state index is 0.0587. The SMILES string of the molecule is C=C[C@]1(C)CC[C@]2(O1)[C@H](C)CC[C@@H]1[C@@](C)(C(=O)O)CCC[C@]12C. The molecule has 130 valence electrons. The second-order valence-electron chi connectivity index (χ2n) is 9.03. The van der Waals surface area contributed by atoms with Gasteiger partial charge in [-0.25, -0.2) is 0 Å². The molecule has 0 radical (unpaired) electrons. The number of aliphatic carboxylic acids is 1. The fourth-order valence-corrected chi connectivity index (χ4v) is 6.33. The summed E-state index contributed by atoms with van der Waals surface area (Å²) in [6, 6.07) is 0. The minimum Gasteiger partial charge on any atom is -0.481 e. The van der Waals surface area contributed by atoms with Crippen LogP contribution >= 0.6 is 0 Å². The van der Waals surface area contributed by atoms with Crippen molar-refractivity contribution >= 4 is 5.97 Å². The number of carboxylic acid groups (broad SMARTS) is 1. The average molecular weight is 320 g/mol. The third-order valence-corrected chi connectivity index (χ3v) is 7.91. The lowest BCUT2D eigenvalue weighted by Crippen LogP contribution is -2.64. The molecule has 0 bridgehead atoms. The number of hydrogen-bond donors (Lipinski definition) is 1. The highest BCUT2D eigenvalue weighted by Gasteiger charge is 2.67. The molecule has 1 spiro atoms. The Morgan fingerprint density at radius 3 is 2.43 bits per heavy atom. The lowest BCUT2D eigenvalue weighted by Gasteiger charge is -2.63. The van der Waals surface area contributed by atoms with Gasteiger partial charge in [-0.05, 0) is 64.2 Å². The predicted octanol–water partition coefficient (Wildman–Crippen LogP) is 4.81. The molecule has 0 aromatic rings. The van der Waals surface area contributed by atoms with Crippen LogP contribution in [0.5, 0.6) is 0 Å². The molecule has 2 aliphatic carbocycles. The van der Waals surface area contributed by atoms with E-state index in [4.69, 9.17) is 4.74 Å². The first-order chi connectivity index (χ1) is 10.6. The highest BCUT2D eigenvalue weighted by molar-refractivity contribution is 5.75. The van der Waals surface area contributed by atoms with Crippen molar-refractivity contribution in [1.82, 2.24) is 0 Å². The zero-order chi connectivity index (χ0) is 17.1. The smallest absolute Gasteiger partial charge is 0.309 e. The Labute approximate surface area is 140 Å². The largest absolute Gasteiger partial charge is 0.481 e. The number of carbonyl (C=O) groups is 1. The van der Waals surface area contributed by atoms with Gasteiger partial charge in [0, 0.05) is 5.41 Å². The van der Waals surface area contributed by atoms with Gasteiger partial charge in [0.1, 0.15) is 0 Å². The Morgan fingerprint density at radius 1 is 1.17 bits per heavy atom. The van der Waals surface area contributed by atoms with E-state index in [0.717, 1.165) is 44.9 Å². The second-order valence-corrected chi connectivity index (χ2v) is 9.03. The predicted molar refractivity (Wildman–Crippen MR) is 91.2 cm³/mol. The summed E-state index contributed by atoms with van der Waals surface area (Å²) in [4.78, 5) is 12.1. The van der Waals surface area contributed by atoms with Crippen molar-refractivity contribution in [2.24, 2.45) is 22.7 Å². The van der Waals surface area contributed by atoms with E-state index >= 15 is 0 Å². The maximum atomic E-state index is 12.1. The zero-order valence-corrected chi connectivity index (χ0v) is 15.2. The molecule has 1 N–H and O–H groups in total. The summed E-state index contributed by atoms with van der Waals surface area (Å²) >= 11 is 0. The molecule has 0 unspecified atom stereocenters. The lowest BCUT2D eigenvalue weighted by molar-refractivity contribution is -0.240. The van der Waals surface area contributed by atoms with Crippen LogP contribution in [-0.4, -0.2) is 22.3 Å². The monoisotopic (exact) mass is 320 g/mol. The Balaban J connectivity index is 2.07. The van der Waals surface area contributed by atoms with E-state index in [9.17, 15) is 9.90 Å². The molecule has 3 aliphatic rings. The summed E-state index contributed by atoms with van der Waals surface area (Å²) < 4.78 is 6.77. The topological polar surface area (TPSA) is 46.5 Å². The van der Waals surface area contributed by atoms with Gasteiger partial charge in [0.2, 0.25) is 0 Å².